The van der Waals surface area contributed by atoms with E-state index in [9.17, 15) is 14.4 Å². The van der Waals surface area contributed by atoms with Crippen molar-refractivity contribution in [1.29, 1.82) is 0 Å². The molecule has 2 aromatic rings. The Labute approximate surface area is 177 Å². The highest BCUT2D eigenvalue weighted by Gasteiger charge is 2.36. The number of imide groups is 1. The number of nitrogens with zero attached hydrogens (tertiary/aromatic N) is 1. The average Bonchev–Trinajstić information content (AvgIpc) is 2.88. The van der Waals surface area contributed by atoms with Gasteiger partial charge in [0, 0.05) is 20.1 Å². The van der Waals surface area contributed by atoms with Crippen molar-refractivity contribution in [2.45, 2.75) is 0 Å². The molecule has 0 saturated carbocycles. The number of thioether (sulfide) groups is 1. The van der Waals surface area contributed by atoms with Crippen molar-refractivity contribution in [2.24, 2.45) is 0 Å². The van der Waals surface area contributed by atoms with E-state index in [2.05, 4.69) is 21.2 Å². The van der Waals surface area contributed by atoms with Crippen molar-refractivity contribution in [3.63, 3.8) is 0 Å². The van der Waals surface area contributed by atoms with Crippen LogP contribution in [0.2, 0.25) is 10.0 Å². The highest BCUT2D eigenvalue weighted by atomic mass is 79.9. The molecular weight excluding hydrogens is 475 g/mol. The van der Waals surface area contributed by atoms with Gasteiger partial charge in [0.2, 0.25) is 5.91 Å². The summed E-state index contributed by atoms with van der Waals surface area (Å²) >= 11 is 16.3. The maximum absolute atomic E-state index is 12.5. The smallest absolute Gasteiger partial charge is 0.294 e. The fourth-order valence-electron chi connectivity index (χ4n) is 2.31. The standard InChI is InChI=1S/C18H11BrCl2N2O3S/c19-11-4-1-2-7-14(11)22-16(24)9-23-17(25)15(27-18(23)26)8-10-12(20)5-3-6-13(10)21/h1-8H,9H2,(H,22,24)/b15-8+. The molecule has 0 aromatic heterocycles. The number of hydrogen-bond acceptors (Lipinski definition) is 4. The van der Waals surface area contributed by atoms with E-state index in [1.54, 1.807) is 42.5 Å². The quantitative estimate of drug-likeness (QED) is 0.586. The number of para-hydroxylation sites is 1. The lowest BCUT2D eigenvalue weighted by Crippen LogP contribution is -2.36. The van der Waals surface area contributed by atoms with Crippen LogP contribution < -0.4 is 5.32 Å². The first-order chi connectivity index (χ1) is 12.9. The molecule has 3 amide bonds. The van der Waals surface area contributed by atoms with E-state index in [0.29, 0.717) is 25.8 Å². The van der Waals surface area contributed by atoms with Gasteiger partial charge in [-0.15, -0.1) is 0 Å². The normalized spacial score (nSPS) is 15.5. The van der Waals surface area contributed by atoms with Gasteiger partial charge in [-0.1, -0.05) is 41.4 Å². The predicted molar refractivity (Wildman–Crippen MR) is 112 cm³/mol. The topological polar surface area (TPSA) is 66.5 Å². The van der Waals surface area contributed by atoms with Crippen molar-refractivity contribution in [3.05, 3.63) is 67.5 Å². The monoisotopic (exact) mass is 484 g/mol. The first-order valence-corrected chi connectivity index (χ1v) is 9.97. The number of nitrogens with one attached hydrogen (secondary N) is 1. The van der Waals surface area contributed by atoms with E-state index >= 15 is 0 Å². The van der Waals surface area contributed by atoms with Gasteiger partial charge < -0.3 is 5.32 Å². The van der Waals surface area contributed by atoms with Gasteiger partial charge in [0.05, 0.1) is 10.6 Å². The second kappa shape index (κ2) is 8.48. The van der Waals surface area contributed by atoms with E-state index in [1.807, 2.05) is 0 Å². The van der Waals surface area contributed by atoms with Crippen LogP contribution in [-0.2, 0) is 9.59 Å². The van der Waals surface area contributed by atoms with Crippen LogP contribution in [0, 0.1) is 0 Å². The van der Waals surface area contributed by atoms with Crippen LogP contribution in [0.4, 0.5) is 10.5 Å². The highest BCUT2D eigenvalue weighted by molar-refractivity contribution is 9.10. The highest BCUT2D eigenvalue weighted by Crippen LogP contribution is 2.35. The minimum absolute atomic E-state index is 0.156. The lowest BCUT2D eigenvalue weighted by atomic mass is 10.2. The summed E-state index contributed by atoms with van der Waals surface area (Å²) in [6.45, 7) is -0.389. The summed E-state index contributed by atoms with van der Waals surface area (Å²) in [4.78, 5) is 38.0. The molecule has 1 fully saturated rings. The van der Waals surface area contributed by atoms with Gasteiger partial charge >= 0.3 is 0 Å². The number of carbonyl (C=O) groups is 3. The molecular formula is C18H11BrCl2N2O3S. The fraction of sp³-hybridized carbons (Fsp3) is 0.0556. The van der Waals surface area contributed by atoms with Crippen LogP contribution in [0.3, 0.4) is 0 Å². The number of benzene rings is 2. The Balaban J connectivity index is 1.76. The van der Waals surface area contributed by atoms with E-state index < -0.39 is 17.1 Å². The van der Waals surface area contributed by atoms with Crippen LogP contribution >= 0.6 is 50.9 Å². The average molecular weight is 486 g/mol. The van der Waals surface area contributed by atoms with Crippen molar-refractivity contribution in [3.8, 4) is 0 Å². The van der Waals surface area contributed by atoms with Crippen LogP contribution in [-0.4, -0.2) is 28.5 Å². The molecule has 138 valence electrons. The summed E-state index contributed by atoms with van der Waals surface area (Å²) in [5.41, 5.74) is 0.997. The SMILES string of the molecule is O=C(CN1C(=O)S/C(=C/c2c(Cl)cccc2Cl)C1=O)Nc1ccccc1Br. The number of anilines is 1. The molecule has 2 aromatic carbocycles. The summed E-state index contributed by atoms with van der Waals surface area (Å²) in [6.07, 6.45) is 1.46. The Bertz CT molecular complexity index is 961. The van der Waals surface area contributed by atoms with E-state index in [-0.39, 0.29) is 11.4 Å². The third-order valence-corrected chi connectivity index (χ3v) is 5.86. The van der Waals surface area contributed by atoms with Crippen molar-refractivity contribution in [1.82, 2.24) is 4.90 Å². The maximum atomic E-state index is 12.5. The van der Waals surface area contributed by atoms with Gasteiger partial charge in [0.15, 0.2) is 0 Å². The Morgan fingerprint density at radius 3 is 2.44 bits per heavy atom. The van der Waals surface area contributed by atoms with E-state index in [0.717, 1.165) is 16.7 Å². The van der Waals surface area contributed by atoms with Crippen LogP contribution in [0.25, 0.3) is 6.08 Å². The maximum Gasteiger partial charge on any atom is 0.294 e. The minimum Gasteiger partial charge on any atom is -0.324 e. The summed E-state index contributed by atoms with van der Waals surface area (Å²) in [6, 6.07) is 12.0. The molecule has 0 radical (unpaired) electrons. The van der Waals surface area contributed by atoms with Gasteiger partial charge in [-0.05, 0) is 58.0 Å². The molecule has 0 atom stereocenters. The van der Waals surface area contributed by atoms with Gasteiger partial charge in [-0.3, -0.25) is 19.3 Å². The van der Waals surface area contributed by atoms with Crippen LogP contribution in [0.5, 0.6) is 0 Å². The second-order valence-electron chi connectivity index (χ2n) is 5.43. The number of rotatable bonds is 4. The zero-order valence-corrected chi connectivity index (χ0v) is 17.5. The zero-order valence-electron chi connectivity index (χ0n) is 13.5. The molecule has 27 heavy (non-hydrogen) atoms. The molecule has 1 heterocycles. The lowest BCUT2D eigenvalue weighted by Gasteiger charge is -2.13. The fourth-order valence-corrected chi connectivity index (χ4v) is 4.02. The zero-order chi connectivity index (χ0) is 19.6. The van der Waals surface area contributed by atoms with Crippen LogP contribution in [0.1, 0.15) is 5.56 Å². The molecule has 0 spiro atoms. The van der Waals surface area contributed by atoms with E-state index in [1.165, 1.54) is 6.08 Å². The van der Waals surface area contributed by atoms with Crippen molar-refractivity contribution in [2.75, 3.05) is 11.9 Å². The van der Waals surface area contributed by atoms with Gasteiger partial charge in [-0.25, -0.2) is 0 Å². The molecule has 3 rings (SSSR count). The summed E-state index contributed by atoms with van der Waals surface area (Å²) < 4.78 is 0.695. The molecule has 1 saturated heterocycles. The van der Waals surface area contributed by atoms with Crippen molar-refractivity contribution < 1.29 is 14.4 Å². The predicted octanol–water partition coefficient (Wildman–Crippen LogP) is 5.43. The first kappa shape index (κ1) is 19.9. The largest absolute Gasteiger partial charge is 0.324 e. The molecule has 1 aliphatic heterocycles. The van der Waals surface area contributed by atoms with Gasteiger partial charge in [0.25, 0.3) is 11.1 Å². The Kier molecular flexibility index (Phi) is 6.26. The van der Waals surface area contributed by atoms with Gasteiger partial charge in [0.1, 0.15) is 6.54 Å². The summed E-state index contributed by atoms with van der Waals surface area (Å²) in [5, 5.41) is 2.85. The molecule has 0 unspecified atom stereocenters. The number of hydrogen-bond donors (Lipinski definition) is 1. The second-order valence-corrected chi connectivity index (χ2v) is 8.09. The Morgan fingerprint density at radius 1 is 1.11 bits per heavy atom. The molecule has 0 aliphatic carbocycles. The summed E-state index contributed by atoms with van der Waals surface area (Å²) in [5.74, 6) is -1.05. The minimum atomic E-state index is -0.566. The molecule has 1 aliphatic rings. The molecule has 5 nitrogen and oxygen atoms in total. The number of amides is 3. The van der Waals surface area contributed by atoms with Crippen LogP contribution in [0.15, 0.2) is 51.8 Å². The van der Waals surface area contributed by atoms with Gasteiger partial charge in [-0.2, -0.15) is 0 Å². The lowest BCUT2D eigenvalue weighted by molar-refractivity contribution is -0.127. The molecule has 9 heteroatoms. The number of carbonyl (C=O) groups excluding carboxylic acids is 3. The number of halogens is 3. The van der Waals surface area contributed by atoms with E-state index in [4.69, 9.17) is 23.2 Å². The summed E-state index contributed by atoms with van der Waals surface area (Å²) in [7, 11) is 0. The van der Waals surface area contributed by atoms with Crippen molar-refractivity contribution >= 4 is 79.7 Å². The Hall–Kier alpha value is -1.80. The molecule has 1 N–H and O–H groups in total. The first-order valence-electron chi connectivity index (χ1n) is 7.60. The Morgan fingerprint density at radius 2 is 1.78 bits per heavy atom. The molecule has 0 bridgehead atoms. The third kappa shape index (κ3) is 4.55. The third-order valence-electron chi connectivity index (χ3n) is 3.60.